The summed E-state index contributed by atoms with van der Waals surface area (Å²) in [5.41, 5.74) is 4.43. The Morgan fingerprint density at radius 1 is 1.07 bits per heavy atom. The number of thioether (sulfide) groups is 1. The Hall–Kier alpha value is -2.90. The number of hydrogen-bond acceptors (Lipinski definition) is 5. The van der Waals surface area contributed by atoms with Gasteiger partial charge in [0.25, 0.3) is 0 Å². The van der Waals surface area contributed by atoms with Crippen molar-refractivity contribution in [3.63, 3.8) is 0 Å². The predicted molar refractivity (Wildman–Crippen MR) is 123 cm³/mol. The summed E-state index contributed by atoms with van der Waals surface area (Å²) in [6.07, 6.45) is 0. The fraction of sp³-hybridized carbons (Fsp3) is 0.174. The highest BCUT2D eigenvalue weighted by molar-refractivity contribution is 7.99. The van der Waals surface area contributed by atoms with Crippen LogP contribution < -0.4 is 5.32 Å². The summed E-state index contributed by atoms with van der Waals surface area (Å²) < 4.78 is 0. The van der Waals surface area contributed by atoms with Gasteiger partial charge in [-0.05, 0) is 30.9 Å². The summed E-state index contributed by atoms with van der Waals surface area (Å²) in [7, 11) is 0. The number of amides is 1. The molecule has 7 heteroatoms. The summed E-state index contributed by atoms with van der Waals surface area (Å²) in [6, 6.07) is 20.2. The van der Waals surface area contributed by atoms with Crippen molar-refractivity contribution in [1.82, 2.24) is 20.5 Å². The molecule has 0 aliphatic rings. The number of H-pyrrole nitrogens is 1. The van der Waals surface area contributed by atoms with Crippen LogP contribution in [0.2, 0.25) is 0 Å². The SMILES string of the molecule is Cc1ccc(-c2nc(SCC(=O)NC(c3ccc(C)cc3)c3cccs3)n[nH]2)cc1. The maximum absolute atomic E-state index is 12.7. The zero-order valence-corrected chi connectivity index (χ0v) is 18.4. The van der Waals surface area contributed by atoms with Crippen molar-refractivity contribution in [2.24, 2.45) is 0 Å². The van der Waals surface area contributed by atoms with Gasteiger partial charge in [0.15, 0.2) is 5.82 Å². The van der Waals surface area contributed by atoms with E-state index < -0.39 is 0 Å². The van der Waals surface area contributed by atoms with Gasteiger partial charge in [-0.25, -0.2) is 4.98 Å². The number of rotatable bonds is 7. The minimum absolute atomic E-state index is 0.0549. The van der Waals surface area contributed by atoms with Crippen molar-refractivity contribution < 1.29 is 4.79 Å². The largest absolute Gasteiger partial charge is 0.344 e. The first-order valence-electron chi connectivity index (χ1n) is 9.60. The molecule has 2 aromatic carbocycles. The normalized spacial score (nSPS) is 11.9. The second-order valence-corrected chi connectivity index (χ2v) is 8.97. The summed E-state index contributed by atoms with van der Waals surface area (Å²) >= 11 is 2.96. The molecule has 4 aromatic rings. The van der Waals surface area contributed by atoms with E-state index >= 15 is 0 Å². The molecule has 0 aliphatic carbocycles. The van der Waals surface area contributed by atoms with Gasteiger partial charge in [-0.15, -0.1) is 16.4 Å². The Morgan fingerprint density at radius 2 is 1.77 bits per heavy atom. The van der Waals surface area contributed by atoms with Crippen LogP contribution in [0.4, 0.5) is 0 Å². The van der Waals surface area contributed by atoms with Crippen molar-refractivity contribution in [1.29, 1.82) is 0 Å². The maximum Gasteiger partial charge on any atom is 0.231 e. The second kappa shape index (κ2) is 9.28. The standard InChI is InChI=1S/C23H22N4OS2/c1-15-5-9-17(10-6-15)21(19-4-3-13-29-19)24-20(28)14-30-23-25-22(26-27-23)18-11-7-16(2)8-12-18/h3-13,21H,14H2,1-2H3,(H,24,28)(H,25,26,27). The number of carbonyl (C=O) groups excluding carboxylic acids is 1. The second-order valence-electron chi connectivity index (χ2n) is 7.05. The molecule has 5 nitrogen and oxygen atoms in total. The molecule has 2 aromatic heterocycles. The number of carbonyl (C=O) groups is 1. The zero-order chi connectivity index (χ0) is 20.9. The molecule has 2 N–H and O–H groups in total. The molecule has 1 unspecified atom stereocenters. The average molecular weight is 435 g/mol. The van der Waals surface area contributed by atoms with Gasteiger partial charge in [0, 0.05) is 10.4 Å². The number of hydrogen-bond donors (Lipinski definition) is 2. The number of nitrogens with zero attached hydrogens (tertiary/aromatic N) is 2. The third kappa shape index (κ3) is 4.98. The first kappa shape index (κ1) is 20.4. The van der Waals surface area contributed by atoms with E-state index in [0.29, 0.717) is 11.0 Å². The summed E-state index contributed by atoms with van der Waals surface area (Å²) in [5, 5.41) is 12.9. The van der Waals surface area contributed by atoms with Crippen LogP contribution in [0.15, 0.2) is 71.2 Å². The average Bonchev–Trinajstić information content (AvgIpc) is 3.44. The molecular formula is C23H22N4OS2. The monoisotopic (exact) mass is 434 g/mol. The predicted octanol–water partition coefficient (Wildman–Crippen LogP) is 5.15. The van der Waals surface area contributed by atoms with E-state index in [-0.39, 0.29) is 17.7 Å². The van der Waals surface area contributed by atoms with Crippen LogP contribution >= 0.6 is 23.1 Å². The summed E-state index contributed by atoms with van der Waals surface area (Å²) in [5.74, 6) is 0.897. The zero-order valence-electron chi connectivity index (χ0n) is 16.8. The molecule has 0 saturated heterocycles. The van der Waals surface area contributed by atoms with E-state index in [9.17, 15) is 4.79 Å². The van der Waals surface area contributed by atoms with Gasteiger partial charge in [-0.2, -0.15) is 0 Å². The van der Waals surface area contributed by atoms with Gasteiger partial charge in [0.2, 0.25) is 11.1 Å². The molecule has 0 fully saturated rings. The molecule has 4 rings (SSSR count). The number of thiophene rings is 1. The third-order valence-corrected chi connectivity index (χ3v) is 6.45. The minimum atomic E-state index is -0.158. The molecule has 2 heterocycles. The van der Waals surface area contributed by atoms with Gasteiger partial charge in [-0.1, -0.05) is 77.5 Å². The van der Waals surface area contributed by atoms with E-state index in [1.54, 1.807) is 11.3 Å². The molecule has 1 amide bonds. The smallest absolute Gasteiger partial charge is 0.231 e. The first-order chi connectivity index (χ1) is 14.6. The van der Waals surface area contributed by atoms with E-state index in [2.05, 4.69) is 51.7 Å². The number of benzene rings is 2. The Balaban J connectivity index is 1.40. The molecule has 30 heavy (non-hydrogen) atoms. The van der Waals surface area contributed by atoms with Crippen LogP contribution in [-0.4, -0.2) is 26.8 Å². The van der Waals surface area contributed by atoms with Gasteiger partial charge in [0.1, 0.15) is 0 Å². The van der Waals surface area contributed by atoms with Crippen LogP contribution in [-0.2, 0) is 4.79 Å². The van der Waals surface area contributed by atoms with E-state index in [4.69, 9.17) is 0 Å². The Morgan fingerprint density at radius 3 is 2.43 bits per heavy atom. The van der Waals surface area contributed by atoms with Gasteiger partial charge >= 0.3 is 0 Å². The van der Waals surface area contributed by atoms with Crippen molar-refractivity contribution in [2.75, 3.05) is 5.75 Å². The molecule has 0 bridgehead atoms. The Kier molecular flexibility index (Phi) is 6.30. The molecule has 152 valence electrons. The molecule has 0 aliphatic heterocycles. The topological polar surface area (TPSA) is 70.7 Å². The summed E-state index contributed by atoms with van der Waals surface area (Å²) in [6.45, 7) is 4.10. The highest BCUT2D eigenvalue weighted by Crippen LogP contribution is 2.27. The van der Waals surface area contributed by atoms with Crippen LogP contribution in [0.1, 0.15) is 27.6 Å². The highest BCUT2D eigenvalue weighted by atomic mass is 32.2. The Bertz CT molecular complexity index is 1100. The van der Waals surface area contributed by atoms with Gasteiger partial charge < -0.3 is 5.32 Å². The third-order valence-electron chi connectivity index (χ3n) is 4.67. The first-order valence-corrected chi connectivity index (χ1v) is 11.5. The van der Waals surface area contributed by atoms with Gasteiger partial charge in [-0.3, -0.25) is 9.89 Å². The lowest BCUT2D eigenvalue weighted by atomic mass is 10.0. The number of aryl methyl sites for hydroxylation is 2. The van der Waals surface area contributed by atoms with Crippen LogP contribution in [0.5, 0.6) is 0 Å². The maximum atomic E-state index is 12.7. The lowest BCUT2D eigenvalue weighted by Crippen LogP contribution is -2.30. The van der Waals surface area contributed by atoms with E-state index in [1.807, 2.05) is 48.7 Å². The number of aromatic nitrogens is 3. The minimum Gasteiger partial charge on any atom is -0.344 e. The number of aromatic amines is 1. The molecule has 0 spiro atoms. The van der Waals surface area contributed by atoms with Crippen molar-refractivity contribution >= 4 is 29.0 Å². The van der Waals surface area contributed by atoms with Crippen molar-refractivity contribution in [2.45, 2.75) is 25.0 Å². The Labute approximate surface area is 184 Å². The van der Waals surface area contributed by atoms with Crippen LogP contribution in [0, 0.1) is 13.8 Å². The fourth-order valence-electron chi connectivity index (χ4n) is 3.02. The van der Waals surface area contributed by atoms with Gasteiger partial charge in [0.05, 0.1) is 11.8 Å². The van der Waals surface area contributed by atoms with E-state index in [1.165, 1.54) is 22.9 Å². The van der Waals surface area contributed by atoms with Crippen molar-refractivity contribution in [3.05, 3.63) is 87.6 Å². The lowest BCUT2D eigenvalue weighted by molar-refractivity contribution is -0.119. The van der Waals surface area contributed by atoms with Crippen molar-refractivity contribution in [3.8, 4) is 11.4 Å². The quantitative estimate of drug-likeness (QED) is 0.395. The fourth-order valence-corrected chi connectivity index (χ4v) is 4.43. The molecular weight excluding hydrogens is 412 g/mol. The molecule has 1 atom stereocenters. The van der Waals surface area contributed by atoms with Crippen LogP contribution in [0.3, 0.4) is 0 Å². The number of nitrogens with one attached hydrogen (secondary N) is 2. The van der Waals surface area contributed by atoms with Crippen LogP contribution in [0.25, 0.3) is 11.4 Å². The summed E-state index contributed by atoms with van der Waals surface area (Å²) in [4.78, 5) is 18.3. The highest BCUT2D eigenvalue weighted by Gasteiger charge is 2.18. The van der Waals surface area contributed by atoms with E-state index in [0.717, 1.165) is 16.0 Å². The molecule has 0 saturated carbocycles. The lowest BCUT2D eigenvalue weighted by Gasteiger charge is -2.18. The molecule has 0 radical (unpaired) electrons.